The van der Waals surface area contributed by atoms with Gasteiger partial charge in [-0.15, -0.1) is 24.8 Å². The Morgan fingerprint density at radius 2 is 1.58 bits per heavy atom. The predicted octanol–water partition coefficient (Wildman–Crippen LogP) is 1.78. The second-order valence-electron chi connectivity index (χ2n) is 8.98. The highest BCUT2D eigenvalue weighted by atomic mass is 35.5. The van der Waals surface area contributed by atoms with Gasteiger partial charge in [0, 0.05) is 24.9 Å². The summed E-state index contributed by atoms with van der Waals surface area (Å²) in [5.41, 5.74) is 7.72. The van der Waals surface area contributed by atoms with Crippen LogP contribution in [-0.4, -0.2) is 46.9 Å². The number of nitrogen functional groups attached to an aromatic ring is 1. The van der Waals surface area contributed by atoms with Gasteiger partial charge in [-0.2, -0.15) is 0 Å². The SMILES string of the molecule is CC(C)[C@@H](NCC(=O)O)C(=O)NC1(C(=O)NCc2ccc(C(=N)N)cc2)Cc2ccccc2C1.Cl.Cl. The van der Waals surface area contributed by atoms with Crippen molar-refractivity contribution in [3.8, 4) is 0 Å². The Kier molecular flexibility index (Phi) is 11.4. The van der Waals surface area contributed by atoms with Crippen molar-refractivity contribution in [3.05, 3.63) is 70.8 Å². The molecule has 1 aliphatic rings. The molecule has 0 aliphatic heterocycles. The highest BCUT2D eigenvalue weighted by Gasteiger charge is 2.46. The van der Waals surface area contributed by atoms with Crippen LogP contribution >= 0.6 is 24.8 Å². The van der Waals surface area contributed by atoms with Crippen LogP contribution in [0, 0.1) is 11.3 Å². The number of hydrogen-bond donors (Lipinski definition) is 6. The fourth-order valence-electron chi connectivity index (χ4n) is 4.22. The molecule has 11 heteroatoms. The van der Waals surface area contributed by atoms with Crippen LogP contribution in [-0.2, 0) is 33.8 Å². The Labute approximate surface area is 222 Å². The summed E-state index contributed by atoms with van der Waals surface area (Å²) in [6.45, 7) is 3.53. The van der Waals surface area contributed by atoms with Gasteiger partial charge in [0.25, 0.3) is 0 Å². The number of halogens is 2. The van der Waals surface area contributed by atoms with E-state index in [1.807, 2.05) is 38.1 Å². The third-order valence-electron chi connectivity index (χ3n) is 6.04. The Bertz CT molecular complexity index is 1070. The van der Waals surface area contributed by atoms with Crippen LogP contribution < -0.4 is 21.7 Å². The molecule has 0 fully saturated rings. The van der Waals surface area contributed by atoms with Crippen LogP contribution in [0.3, 0.4) is 0 Å². The molecule has 1 aliphatic carbocycles. The quantitative estimate of drug-likeness (QED) is 0.200. The molecular weight excluding hydrogens is 505 g/mol. The van der Waals surface area contributed by atoms with E-state index in [9.17, 15) is 14.4 Å². The van der Waals surface area contributed by atoms with Gasteiger partial charge < -0.3 is 21.5 Å². The van der Waals surface area contributed by atoms with Crippen molar-refractivity contribution < 1.29 is 19.5 Å². The Morgan fingerprint density at radius 3 is 2.06 bits per heavy atom. The van der Waals surface area contributed by atoms with Gasteiger partial charge in [-0.3, -0.25) is 25.1 Å². The summed E-state index contributed by atoms with van der Waals surface area (Å²) < 4.78 is 0. The molecule has 2 aromatic carbocycles. The standard InChI is InChI=1S/C25H31N5O4.2ClH/c1-15(2)21(28-14-20(31)32)23(33)30-25(11-18-5-3-4-6-19(18)12-25)24(34)29-13-16-7-9-17(10-8-16)22(26)27;;/h3-10,15,21,28H,11-14H2,1-2H3,(H3,26,27)(H,29,34)(H,30,33)(H,31,32);2*1H/t21-;;/m1../s1. The van der Waals surface area contributed by atoms with E-state index in [0.717, 1.165) is 16.7 Å². The lowest BCUT2D eigenvalue weighted by Gasteiger charge is -2.32. The summed E-state index contributed by atoms with van der Waals surface area (Å²) >= 11 is 0. The van der Waals surface area contributed by atoms with E-state index >= 15 is 0 Å². The third kappa shape index (κ3) is 7.43. The number of nitrogens with one attached hydrogen (secondary N) is 4. The smallest absolute Gasteiger partial charge is 0.317 e. The molecule has 36 heavy (non-hydrogen) atoms. The Balaban J connectivity index is 0.00000324. The molecule has 0 saturated carbocycles. The maximum atomic E-state index is 13.5. The van der Waals surface area contributed by atoms with Crippen molar-refractivity contribution in [2.75, 3.05) is 6.54 Å². The molecule has 0 aromatic heterocycles. The molecule has 0 heterocycles. The molecule has 0 bridgehead atoms. The second-order valence-corrected chi connectivity index (χ2v) is 8.98. The zero-order chi connectivity index (χ0) is 24.9. The van der Waals surface area contributed by atoms with Crippen molar-refractivity contribution in [2.24, 2.45) is 11.7 Å². The molecule has 0 saturated heterocycles. The second kappa shape index (κ2) is 13.2. The summed E-state index contributed by atoms with van der Waals surface area (Å²) in [5, 5.41) is 25.2. The van der Waals surface area contributed by atoms with Crippen LogP contribution in [0.4, 0.5) is 0 Å². The average Bonchev–Trinajstić information content (AvgIpc) is 3.16. The molecule has 0 spiro atoms. The van der Waals surface area contributed by atoms with Crippen molar-refractivity contribution in [3.63, 3.8) is 0 Å². The van der Waals surface area contributed by atoms with Crippen LogP contribution in [0.5, 0.6) is 0 Å². The maximum Gasteiger partial charge on any atom is 0.317 e. The topological polar surface area (TPSA) is 157 Å². The van der Waals surface area contributed by atoms with Crippen LogP contribution in [0.2, 0.25) is 0 Å². The minimum absolute atomic E-state index is 0. The number of hydrogen-bond acceptors (Lipinski definition) is 5. The van der Waals surface area contributed by atoms with Gasteiger partial charge in [0.1, 0.15) is 11.4 Å². The summed E-state index contributed by atoms with van der Waals surface area (Å²) in [6.07, 6.45) is 0.682. The van der Waals surface area contributed by atoms with Gasteiger partial charge in [0.05, 0.1) is 12.6 Å². The highest BCUT2D eigenvalue weighted by Crippen LogP contribution is 2.31. The first-order valence-corrected chi connectivity index (χ1v) is 11.2. The van der Waals surface area contributed by atoms with Crippen molar-refractivity contribution in [2.45, 2.75) is 44.8 Å². The molecule has 0 radical (unpaired) electrons. The molecule has 1 atom stereocenters. The number of nitrogens with two attached hydrogens (primary N) is 1. The highest BCUT2D eigenvalue weighted by molar-refractivity contribution is 5.95. The third-order valence-corrected chi connectivity index (χ3v) is 6.04. The van der Waals surface area contributed by atoms with E-state index in [2.05, 4.69) is 16.0 Å². The molecule has 0 unspecified atom stereocenters. The summed E-state index contributed by atoms with van der Waals surface area (Å²) in [4.78, 5) is 37.7. The van der Waals surface area contributed by atoms with E-state index in [1.165, 1.54) is 0 Å². The van der Waals surface area contributed by atoms with Gasteiger partial charge in [0.2, 0.25) is 11.8 Å². The minimum atomic E-state index is -1.18. The molecule has 9 nitrogen and oxygen atoms in total. The Hall–Kier alpha value is -3.14. The summed E-state index contributed by atoms with van der Waals surface area (Å²) in [6, 6.07) is 13.9. The van der Waals surface area contributed by atoms with E-state index in [1.54, 1.807) is 24.3 Å². The predicted molar refractivity (Wildman–Crippen MR) is 143 cm³/mol. The molecular formula is C25H33Cl2N5O4. The molecule has 2 amide bonds. The van der Waals surface area contributed by atoms with Crippen molar-refractivity contribution >= 4 is 48.4 Å². The number of carboxylic acid groups (broad SMARTS) is 1. The first kappa shape index (κ1) is 30.9. The van der Waals surface area contributed by atoms with E-state index in [4.69, 9.17) is 16.2 Å². The van der Waals surface area contributed by atoms with Crippen molar-refractivity contribution in [1.82, 2.24) is 16.0 Å². The molecule has 7 N–H and O–H groups in total. The number of fused-ring (bicyclic) bond motifs is 1. The van der Waals surface area contributed by atoms with Crippen LogP contribution in [0.15, 0.2) is 48.5 Å². The number of amides is 2. The summed E-state index contributed by atoms with van der Waals surface area (Å²) in [7, 11) is 0. The fourth-order valence-corrected chi connectivity index (χ4v) is 4.22. The first-order chi connectivity index (χ1) is 16.1. The lowest BCUT2D eigenvalue weighted by Crippen LogP contribution is -2.63. The largest absolute Gasteiger partial charge is 0.480 e. The number of carbonyl (C=O) groups is 3. The monoisotopic (exact) mass is 537 g/mol. The first-order valence-electron chi connectivity index (χ1n) is 11.2. The number of carboxylic acids is 1. The average molecular weight is 538 g/mol. The zero-order valence-corrected chi connectivity index (χ0v) is 21.8. The summed E-state index contributed by atoms with van der Waals surface area (Å²) in [5.74, 6) is -1.99. The van der Waals surface area contributed by atoms with Gasteiger partial charge in [0.15, 0.2) is 0 Å². The van der Waals surface area contributed by atoms with Gasteiger partial charge in [-0.25, -0.2) is 0 Å². The molecule has 196 valence electrons. The number of amidine groups is 1. The fraction of sp³-hybridized carbons (Fsp3) is 0.360. The van der Waals surface area contributed by atoms with E-state index in [-0.39, 0.29) is 55.6 Å². The van der Waals surface area contributed by atoms with Crippen LogP contribution in [0.25, 0.3) is 0 Å². The van der Waals surface area contributed by atoms with Gasteiger partial charge in [-0.1, -0.05) is 62.4 Å². The minimum Gasteiger partial charge on any atom is -0.480 e. The normalized spacial score (nSPS) is 14.0. The lowest BCUT2D eigenvalue weighted by atomic mass is 9.92. The van der Waals surface area contributed by atoms with Gasteiger partial charge in [-0.05, 0) is 22.6 Å². The lowest BCUT2D eigenvalue weighted by molar-refractivity contribution is -0.137. The molecule has 2 aromatic rings. The number of rotatable bonds is 10. The maximum absolute atomic E-state index is 13.5. The van der Waals surface area contributed by atoms with E-state index in [0.29, 0.717) is 18.4 Å². The van der Waals surface area contributed by atoms with E-state index < -0.39 is 23.5 Å². The number of benzene rings is 2. The van der Waals surface area contributed by atoms with Crippen LogP contribution in [0.1, 0.15) is 36.1 Å². The van der Waals surface area contributed by atoms with Gasteiger partial charge >= 0.3 is 5.97 Å². The molecule has 3 rings (SSSR count). The zero-order valence-electron chi connectivity index (χ0n) is 20.2. The van der Waals surface area contributed by atoms with Crippen molar-refractivity contribution in [1.29, 1.82) is 5.41 Å². The number of aliphatic carboxylic acids is 1. The Morgan fingerprint density at radius 1 is 1.03 bits per heavy atom. The number of carbonyl (C=O) groups excluding carboxylic acids is 2.